The monoisotopic (exact) mass is 296 g/mol. The third kappa shape index (κ3) is 3.72. The lowest BCUT2D eigenvalue weighted by Gasteiger charge is -2.46. The zero-order chi connectivity index (χ0) is 14.0. The smallest absolute Gasteiger partial charge is 0.0184 e. The van der Waals surface area contributed by atoms with E-state index in [1.165, 1.54) is 70.3 Å². The van der Waals surface area contributed by atoms with E-state index >= 15 is 0 Å². The summed E-state index contributed by atoms with van der Waals surface area (Å²) in [5.74, 6) is 1.33. The Morgan fingerprint density at radius 2 is 1.90 bits per heavy atom. The minimum atomic E-state index is 0.580. The standard InChI is InChI=1S/C17H32N2S/c1-14-15(2)20-11-10-19(14)13-17(8-4-3-5-9-17)12-18-16-6-7-16/h14-16,18H,3-13H2,1-2H3. The van der Waals surface area contributed by atoms with Crippen molar-refractivity contribution in [2.75, 3.05) is 25.4 Å². The Morgan fingerprint density at radius 3 is 2.60 bits per heavy atom. The summed E-state index contributed by atoms with van der Waals surface area (Å²) in [4.78, 5) is 2.81. The normalized spacial score (nSPS) is 35.1. The van der Waals surface area contributed by atoms with Gasteiger partial charge < -0.3 is 5.32 Å². The Morgan fingerprint density at radius 1 is 1.15 bits per heavy atom. The molecule has 20 heavy (non-hydrogen) atoms. The number of nitrogens with one attached hydrogen (secondary N) is 1. The quantitative estimate of drug-likeness (QED) is 0.836. The van der Waals surface area contributed by atoms with Crippen molar-refractivity contribution in [3.8, 4) is 0 Å². The van der Waals surface area contributed by atoms with E-state index in [4.69, 9.17) is 0 Å². The van der Waals surface area contributed by atoms with E-state index in [9.17, 15) is 0 Å². The summed E-state index contributed by atoms with van der Waals surface area (Å²) in [5.41, 5.74) is 0.580. The molecule has 3 aliphatic rings. The molecule has 0 spiro atoms. The van der Waals surface area contributed by atoms with Crippen molar-refractivity contribution < 1.29 is 0 Å². The fourth-order valence-electron chi connectivity index (χ4n) is 3.99. The van der Waals surface area contributed by atoms with Gasteiger partial charge in [-0.25, -0.2) is 0 Å². The fourth-order valence-corrected chi connectivity index (χ4v) is 5.15. The van der Waals surface area contributed by atoms with Crippen molar-refractivity contribution in [1.82, 2.24) is 10.2 Å². The highest BCUT2D eigenvalue weighted by Crippen LogP contribution is 2.39. The van der Waals surface area contributed by atoms with Crippen LogP contribution in [0.1, 0.15) is 58.8 Å². The summed E-state index contributed by atoms with van der Waals surface area (Å²) < 4.78 is 0. The van der Waals surface area contributed by atoms with Crippen LogP contribution in [-0.4, -0.2) is 47.6 Å². The molecule has 1 aliphatic heterocycles. The van der Waals surface area contributed by atoms with Crippen LogP contribution >= 0.6 is 11.8 Å². The molecular formula is C17H32N2S. The van der Waals surface area contributed by atoms with E-state index in [2.05, 4.69) is 35.8 Å². The first kappa shape index (κ1) is 15.2. The van der Waals surface area contributed by atoms with Crippen LogP contribution in [0.15, 0.2) is 0 Å². The summed E-state index contributed by atoms with van der Waals surface area (Å²) in [5, 5.41) is 4.66. The molecule has 1 saturated heterocycles. The van der Waals surface area contributed by atoms with Crippen molar-refractivity contribution in [3.05, 3.63) is 0 Å². The Balaban J connectivity index is 1.61. The van der Waals surface area contributed by atoms with E-state index in [1.807, 2.05) is 0 Å². The summed E-state index contributed by atoms with van der Waals surface area (Å²) in [7, 11) is 0. The Hall–Kier alpha value is 0.270. The highest BCUT2D eigenvalue weighted by Gasteiger charge is 2.38. The molecule has 0 radical (unpaired) electrons. The summed E-state index contributed by atoms with van der Waals surface area (Å²) in [6, 6.07) is 1.62. The van der Waals surface area contributed by atoms with Crippen LogP contribution < -0.4 is 5.32 Å². The third-order valence-electron chi connectivity index (χ3n) is 5.81. The predicted molar refractivity (Wildman–Crippen MR) is 89.5 cm³/mol. The molecule has 2 atom stereocenters. The van der Waals surface area contributed by atoms with E-state index in [1.54, 1.807) is 0 Å². The lowest BCUT2D eigenvalue weighted by molar-refractivity contribution is 0.0804. The van der Waals surface area contributed by atoms with Crippen LogP contribution in [0.5, 0.6) is 0 Å². The molecule has 3 rings (SSSR count). The van der Waals surface area contributed by atoms with Gasteiger partial charge in [-0.3, -0.25) is 4.90 Å². The molecule has 2 unspecified atom stereocenters. The molecule has 0 amide bonds. The van der Waals surface area contributed by atoms with E-state index < -0.39 is 0 Å². The van der Waals surface area contributed by atoms with E-state index in [-0.39, 0.29) is 0 Å². The van der Waals surface area contributed by atoms with Crippen LogP contribution in [-0.2, 0) is 0 Å². The van der Waals surface area contributed by atoms with Gasteiger partial charge in [0.05, 0.1) is 0 Å². The number of rotatable bonds is 5. The van der Waals surface area contributed by atoms with Gasteiger partial charge >= 0.3 is 0 Å². The van der Waals surface area contributed by atoms with E-state index in [0.29, 0.717) is 5.41 Å². The molecule has 2 saturated carbocycles. The number of nitrogens with zero attached hydrogens (tertiary/aromatic N) is 1. The number of hydrogen-bond acceptors (Lipinski definition) is 3. The number of thioether (sulfide) groups is 1. The minimum Gasteiger partial charge on any atom is -0.313 e. The summed E-state index contributed by atoms with van der Waals surface area (Å²) >= 11 is 2.16. The van der Waals surface area contributed by atoms with Gasteiger partial charge in [-0.05, 0) is 38.0 Å². The van der Waals surface area contributed by atoms with Crippen molar-refractivity contribution in [3.63, 3.8) is 0 Å². The molecule has 0 bridgehead atoms. The zero-order valence-electron chi connectivity index (χ0n) is 13.4. The van der Waals surface area contributed by atoms with Crippen LogP contribution in [0.2, 0.25) is 0 Å². The summed E-state index contributed by atoms with van der Waals surface area (Å²) in [6.45, 7) is 8.79. The maximum Gasteiger partial charge on any atom is 0.0184 e. The van der Waals surface area contributed by atoms with Gasteiger partial charge in [0.2, 0.25) is 0 Å². The maximum atomic E-state index is 3.85. The average molecular weight is 297 g/mol. The average Bonchev–Trinajstić information content (AvgIpc) is 3.27. The first-order chi connectivity index (χ1) is 9.69. The molecule has 0 aromatic carbocycles. The van der Waals surface area contributed by atoms with Gasteiger partial charge in [-0.1, -0.05) is 26.2 Å². The van der Waals surface area contributed by atoms with Crippen molar-refractivity contribution in [1.29, 1.82) is 0 Å². The van der Waals surface area contributed by atoms with Crippen LogP contribution in [0.3, 0.4) is 0 Å². The Labute approximate surface area is 129 Å². The first-order valence-electron chi connectivity index (χ1n) is 8.78. The SMILES string of the molecule is CC1SCCN(CC2(CNC3CC3)CCCCC2)C1C. The highest BCUT2D eigenvalue weighted by molar-refractivity contribution is 8.00. The predicted octanol–water partition coefficient (Wildman–Crippen LogP) is 3.51. The first-order valence-corrected chi connectivity index (χ1v) is 9.82. The molecule has 2 nitrogen and oxygen atoms in total. The second kappa shape index (κ2) is 6.58. The molecule has 3 fully saturated rings. The molecule has 2 aliphatic carbocycles. The van der Waals surface area contributed by atoms with Gasteiger partial charge in [0.25, 0.3) is 0 Å². The number of hydrogen-bond donors (Lipinski definition) is 1. The lowest BCUT2D eigenvalue weighted by Crippen LogP contribution is -2.52. The van der Waals surface area contributed by atoms with Gasteiger partial charge in [0.1, 0.15) is 0 Å². The second-order valence-corrected chi connectivity index (χ2v) is 8.99. The van der Waals surface area contributed by atoms with Gasteiger partial charge in [0, 0.05) is 42.7 Å². The lowest BCUT2D eigenvalue weighted by atomic mass is 9.73. The molecule has 116 valence electrons. The topological polar surface area (TPSA) is 15.3 Å². The van der Waals surface area contributed by atoms with Gasteiger partial charge in [0.15, 0.2) is 0 Å². The third-order valence-corrected chi connectivity index (χ3v) is 7.15. The summed E-state index contributed by atoms with van der Waals surface area (Å²) in [6.07, 6.45) is 10.1. The van der Waals surface area contributed by atoms with E-state index in [0.717, 1.165) is 17.3 Å². The molecule has 1 N–H and O–H groups in total. The Bertz CT molecular complexity index is 310. The van der Waals surface area contributed by atoms with Crippen LogP contribution in [0.25, 0.3) is 0 Å². The molecule has 0 aromatic rings. The highest BCUT2D eigenvalue weighted by atomic mass is 32.2. The van der Waals surface area contributed by atoms with Crippen molar-refractivity contribution >= 4 is 11.8 Å². The second-order valence-electron chi connectivity index (χ2n) is 7.50. The minimum absolute atomic E-state index is 0.580. The zero-order valence-corrected chi connectivity index (χ0v) is 14.2. The van der Waals surface area contributed by atoms with Crippen molar-refractivity contribution in [2.45, 2.75) is 76.1 Å². The molecule has 0 aromatic heterocycles. The van der Waals surface area contributed by atoms with Gasteiger partial charge in [-0.2, -0.15) is 11.8 Å². The molecule has 1 heterocycles. The van der Waals surface area contributed by atoms with Gasteiger partial charge in [-0.15, -0.1) is 0 Å². The maximum absolute atomic E-state index is 3.85. The van der Waals surface area contributed by atoms with Crippen LogP contribution in [0, 0.1) is 5.41 Å². The largest absolute Gasteiger partial charge is 0.313 e. The van der Waals surface area contributed by atoms with Crippen molar-refractivity contribution in [2.24, 2.45) is 5.41 Å². The Kier molecular flexibility index (Phi) is 4.99. The molecular weight excluding hydrogens is 264 g/mol. The van der Waals surface area contributed by atoms with Crippen LogP contribution in [0.4, 0.5) is 0 Å². The molecule has 3 heteroatoms. The fraction of sp³-hybridized carbons (Fsp3) is 1.00.